The number of aromatic nitrogens is 3. The summed E-state index contributed by atoms with van der Waals surface area (Å²) in [4.78, 5) is 76.7. The number of hydrogen-bond donors (Lipinski definition) is 2. The van der Waals surface area contributed by atoms with E-state index in [1.54, 1.807) is 17.7 Å². The van der Waals surface area contributed by atoms with E-state index in [-0.39, 0.29) is 72.4 Å². The second kappa shape index (κ2) is 19.8. The summed E-state index contributed by atoms with van der Waals surface area (Å²) >= 11 is 0. The molecule has 4 heterocycles. The third-order valence-corrected chi connectivity index (χ3v) is 14.8. The summed E-state index contributed by atoms with van der Waals surface area (Å²) in [6.07, 6.45) is 3.82. The van der Waals surface area contributed by atoms with E-state index in [0.29, 0.717) is 25.1 Å². The molecule has 3 aliphatic heterocycles. The molecule has 0 saturated carbocycles. The molecule has 1 fully saturated rings. The summed E-state index contributed by atoms with van der Waals surface area (Å²) in [5.41, 5.74) is 7.28. The van der Waals surface area contributed by atoms with Crippen LogP contribution in [0.1, 0.15) is 119 Å². The van der Waals surface area contributed by atoms with Gasteiger partial charge in [0.1, 0.15) is 39.8 Å². The van der Waals surface area contributed by atoms with E-state index in [0.717, 1.165) is 68.6 Å². The largest absolute Gasteiger partial charge is 0.488 e. The van der Waals surface area contributed by atoms with Gasteiger partial charge in [-0.15, -0.1) is 5.10 Å². The first-order chi connectivity index (χ1) is 32.5. The topological polar surface area (TPSA) is 216 Å². The molecule has 1 aromatic heterocycles. The van der Waals surface area contributed by atoms with E-state index >= 15 is 0 Å². The minimum absolute atomic E-state index is 0.00219. The predicted molar refractivity (Wildman–Crippen MR) is 249 cm³/mol. The fraction of sp³-hybridized carbons (Fsp3) is 0.400. The van der Waals surface area contributed by atoms with Crippen molar-refractivity contribution in [2.75, 3.05) is 19.7 Å². The number of rotatable bonds is 17. The Kier molecular flexibility index (Phi) is 13.9. The molecule has 1 saturated heterocycles. The Morgan fingerprint density at radius 1 is 0.971 bits per heavy atom. The molecule has 0 radical (unpaired) electrons. The van der Waals surface area contributed by atoms with Gasteiger partial charge in [0.15, 0.2) is 6.61 Å². The number of amides is 5. The van der Waals surface area contributed by atoms with Crippen molar-refractivity contribution in [3.8, 4) is 11.5 Å². The predicted octanol–water partition coefficient (Wildman–Crippen LogP) is 5.37. The van der Waals surface area contributed by atoms with E-state index in [4.69, 9.17) is 9.47 Å². The fourth-order valence-corrected chi connectivity index (χ4v) is 11.0. The molecule has 0 bridgehead atoms. The Morgan fingerprint density at radius 2 is 1.76 bits per heavy atom. The average molecular weight is 946 g/mol. The first kappa shape index (κ1) is 47.7. The maximum atomic E-state index is 14.3. The van der Waals surface area contributed by atoms with E-state index in [1.165, 1.54) is 22.5 Å². The second-order valence-corrected chi connectivity index (χ2v) is 19.8. The van der Waals surface area contributed by atoms with Gasteiger partial charge in [-0.25, -0.2) is 13.1 Å². The highest BCUT2D eigenvalue weighted by molar-refractivity contribution is 7.89. The van der Waals surface area contributed by atoms with Crippen LogP contribution in [-0.2, 0) is 49.2 Å². The highest BCUT2D eigenvalue weighted by atomic mass is 32.2. The van der Waals surface area contributed by atoms with E-state index < -0.39 is 51.7 Å². The van der Waals surface area contributed by atoms with Gasteiger partial charge in [0.2, 0.25) is 21.8 Å². The molecular weight excluding hydrogens is 891 g/mol. The Morgan fingerprint density at radius 3 is 2.54 bits per heavy atom. The zero-order chi connectivity index (χ0) is 48.4. The molecule has 5 aromatic rings. The number of nitrogens with one attached hydrogen (secondary N) is 2. The smallest absolute Gasteiger partial charge is 0.266 e. The third kappa shape index (κ3) is 9.78. The zero-order valence-electron chi connectivity index (χ0n) is 38.8. The monoisotopic (exact) mass is 945 g/mol. The summed E-state index contributed by atoms with van der Waals surface area (Å²) in [6.45, 7) is 7.69. The fourth-order valence-electron chi connectivity index (χ4n) is 9.36. The molecule has 3 atom stereocenters. The van der Waals surface area contributed by atoms with Crippen molar-refractivity contribution >= 4 is 56.4 Å². The molecule has 356 valence electrons. The van der Waals surface area contributed by atoms with Crippen LogP contribution in [0, 0.1) is 13.8 Å². The van der Waals surface area contributed by atoms with Gasteiger partial charge in [-0.2, -0.15) is 4.31 Å². The van der Waals surface area contributed by atoms with Crippen LogP contribution in [0.2, 0.25) is 0 Å². The van der Waals surface area contributed by atoms with Crippen molar-refractivity contribution in [1.29, 1.82) is 0 Å². The lowest BCUT2D eigenvalue weighted by Crippen LogP contribution is -2.54. The van der Waals surface area contributed by atoms with Crippen LogP contribution in [0.25, 0.3) is 11.0 Å². The molecule has 68 heavy (non-hydrogen) atoms. The standard InChI is InChI=1S/C50H55N7O10S/c1-29-14-16-34(38(23-30(2)58)36-17-18-39-47(32(36)4)53-54-55(39)5)25-35(29)27-56-26-31(3)67-42-24-33(15-20-43(42)68(56,64)65)11-8-6-7-9-22-51-45(60)28-66-41-13-10-12-37-46(41)50(63)57(49(37)62)40-19-21-44(59)52-48(40)61/h10,12-18,20,24-25,31,38,40H,6-9,11,19,21-23,26-28H2,1-5H3,(H,51,60)(H,52,59,61)/t31-,38+,40?/m1/s1. The van der Waals surface area contributed by atoms with Crippen molar-refractivity contribution in [3.63, 3.8) is 0 Å². The number of benzene rings is 4. The molecule has 1 unspecified atom stereocenters. The number of sulfonamides is 1. The summed E-state index contributed by atoms with van der Waals surface area (Å²) in [5, 5.41) is 13.5. The normalized spacial score (nSPS) is 18.4. The highest BCUT2D eigenvalue weighted by Gasteiger charge is 2.46. The molecule has 5 amide bonds. The van der Waals surface area contributed by atoms with Crippen molar-refractivity contribution in [1.82, 2.24) is 34.8 Å². The van der Waals surface area contributed by atoms with Gasteiger partial charge in [0, 0.05) is 38.9 Å². The summed E-state index contributed by atoms with van der Waals surface area (Å²) < 4.78 is 43.8. The minimum Gasteiger partial charge on any atom is -0.488 e. The number of Topliss-reactive ketones (excluding diaryl/α,β-unsaturated/α-hetero) is 1. The molecule has 17 nitrogen and oxygen atoms in total. The van der Waals surface area contributed by atoms with Crippen LogP contribution >= 0.6 is 0 Å². The van der Waals surface area contributed by atoms with Gasteiger partial charge in [-0.3, -0.25) is 39.0 Å². The van der Waals surface area contributed by atoms with E-state index in [2.05, 4.69) is 20.9 Å². The lowest BCUT2D eigenvalue weighted by molar-refractivity contribution is -0.136. The molecular formula is C50H55N7O10S. The third-order valence-electron chi connectivity index (χ3n) is 13.0. The average Bonchev–Trinajstić information content (AvgIpc) is 3.77. The van der Waals surface area contributed by atoms with Crippen molar-refractivity contribution in [2.45, 2.75) is 109 Å². The van der Waals surface area contributed by atoms with Crippen LogP contribution < -0.4 is 20.1 Å². The Labute approximate surface area is 394 Å². The minimum atomic E-state index is -3.96. The van der Waals surface area contributed by atoms with Crippen molar-refractivity contribution < 1.29 is 46.7 Å². The van der Waals surface area contributed by atoms with Gasteiger partial charge in [-0.05, 0) is 117 Å². The summed E-state index contributed by atoms with van der Waals surface area (Å²) in [5.74, 6) is -2.80. The highest BCUT2D eigenvalue weighted by Crippen LogP contribution is 2.38. The lowest BCUT2D eigenvalue weighted by Gasteiger charge is -2.27. The van der Waals surface area contributed by atoms with Crippen LogP contribution in [0.4, 0.5) is 0 Å². The number of carbonyl (C=O) groups is 6. The molecule has 4 aromatic carbocycles. The Hall–Kier alpha value is -6.79. The second-order valence-electron chi connectivity index (χ2n) is 17.9. The number of imide groups is 2. The number of nitrogens with zero attached hydrogens (tertiary/aromatic N) is 5. The number of carbonyl (C=O) groups excluding carboxylic acids is 6. The van der Waals surface area contributed by atoms with Crippen molar-refractivity contribution in [3.05, 3.63) is 111 Å². The van der Waals surface area contributed by atoms with Gasteiger partial charge < -0.3 is 14.8 Å². The molecule has 2 N–H and O–H groups in total. The SMILES string of the molecule is CC(=O)C[C@@H](c1ccc(C)c(CN2C[C@@H](C)Oc3cc(CCCCCCNC(=O)COc4cccc5c4C(=O)N(C4CCC(=O)NC4=O)C5=O)ccc3S2(=O)=O)c1)c1ccc2c(nnn2C)c1C. The molecule has 0 spiro atoms. The maximum Gasteiger partial charge on any atom is 0.266 e. The quantitative estimate of drug-likeness (QED) is 0.0890. The lowest BCUT2D eigenvalue weighted by atomic mass is 9.83. The van der Waals surface area contributed by atoms with E-state index in [9.17, 15) is 37.2 Å². The number of ether oxygens (including phenoxy) is 2. The molecule has 18 heteroatoms. The van der Waals surface area contributed by atoms with Gasteiger partial charge >= 0.3 is 0 Å². The van der Waals surface area contributed by atoms with Crippen molar-refractivity contribution in [2.24, 2.45) is 7.05 Å². The number of hydrogen-bond acceptors (Lipinski definition) is 12. The van der Waals surface area contributed by atoms with Gasteiger partial charge in [0.25, 0.3) is 17.7 Å². The number of unbranched alkanes of at least 4 members (excludes halogenated alkanes) is 3. The molecule has 8 rings (SSSR count). The first-order valence-corrected chi connectivity index (χ1v) is 24.4. The van der Waals surface area contributed by atoms with Crippen LogP contribution in [0.3, 0.4) is 0 Å². The van der Waals surface area contributed by atoms with Crippen LogP contribution in [0.5, 0.6) is 11.5 Å². The molecule has 0 aliphatic carbocycles. The summed E-state index contributed by atoms with van der Waals surface area (Å²) in [6, 6.07) is 18.7. The van der Waals surface area contributed by atoms with Crippen LogP contribution in [-0.4, -0.2) is 99.8 Å². The number of aryl methyl sites for hydroxylation is 4. The zero-order valence-corrected chi connectivity index (χ0v) is 39.6. The van der Waals surface area contributed by atoms with Gasteiger partial charge in [0.05, 0.1) is 23.2 Å². The maximum absolute atomic E-state index is 14.3. The summed E-state index contributed by atoms with van der Waals surface area (Å²) in [7, 11) is -2.12. The Bertz CT molecular complexity index is 2970. The Balaban J connectivity index is 0.827. The number of ketones is 1. The van der Waals surface area contributed by atoms with Gasteiger partial charge in [-0.1, -0.05) is 54.5 Å². The molecule has 3 aliphatic rings. The number of fused-ring (bicyclic) bond motifs is 3. The number of piperidine rings is 1. The first-order valence-electron chi connectivity index (χ1n) is 22.9. The van der Waals surface area contributed by atoms with Crippen LogP contribution in [0.15, 0.2) is 71.6 Å². The van der Waals surface area contributed by atoms with E-state index in [1.807, 2.05) is 70.3 Å².